The number of urea groups is 1. The Morgan fingerprint density at radius 2 is 1.78 bits per heavy atom. The lowest BCUT2D eigenvalue weighted by Crippen LogP contribution is -2.28. The first-order chi connectivity index (χ1) is 11.2. The van der Waals surface area contributed by atoms with Gasteiger partial charge in [-0.15, -0.1) is 0 Å². The third-order valence-corrected chi connectivity index (χ3v) is 3.33. The maximum Gasteiger partial charge on any atom is 0.319 e. The number of carbonyl (C=O) groups is 1. The number of nitrogens with one attached hydrogen (secondary N) is 2. The van der Waals surface area contributed by atoms with Crippen LogP contribution in [0.2, 0.25) is 0 Å². The minimum Gasteiger partial charge on any atom is -0.491 e. The summed E-state index contributed by atoms with van der Waals surface area (Å²) < 4.78 is 5.61. The number of carbonyl (C=O) groups excluding carboxylic acids is 1. The Labute approximate surface area is 136 Å². The Kier molecular flexibility index (Phi) is 6.44. The lowest BCUT2D eigenvalue weighted by molar-refractivity contribution is 0.251. The van der Waals surface area contributed by atoms with Crippen LogP contribution in [0, 0.1) is 0 Å². The molecule has 3 N–H and O–H groups in total. The van der Waals surface area contributed by atoms with E-state index in [0.717, 1.165) is 17.5 Å². The molecule has 23 heavy (non-hydrogen) atoms. The highest BCUT2D eigenvalue weighted by molar-refractivity contribution is 5.90. The Morgan fingerprint density at radius 3 is 2.52 bits per heavy atom. The summed E-state index contributed by atoms with van der Waals surface area (Å²) in [5.74, 6) is 0.653. The quantitative estimate of drug-likeness (QED) is 0.734. The second kappa shape index (κ2) is 8.80. The standard InChI is InChI=1S/C18H22N2O3/c1-2-11-23-17-10-6-5-9-16(17)20-18(22)19-12-14-7-3-4-8-15(14)13-21/h3-10,21H,2,11-13H2,1H3,(H2,19,20,22). The van der Waals surface area contributed by atoms with Crippen LogP contribution in [0.15, 0.2) is 48.5 Å². The fourth-order valence-electron chi connectivity index (χ4n) is 2.13. The monoisotopic (exact) mass is 314 g/mol. The Morgan fingerprint density at radius 1 is 1.09 bits per heavy atom. The van der Waals surface area contributed by atoms with Crippen molar-refractivity contribution in [1.82, 2.24) is 5.32 Å². The summed E-state index contributed by atoms with van der Waals surface area (Å²) in [7, 11) is 0. The molecule has 0 aromatic heterocycles. The number of para-hydroxylation sites is 2. The number of rotatable bonds is 7. The first-order valence-electron chi connectivity index (χ1n) is 7.69. The highest BCUT2D eigenvalue weighted by Gasteiger charge is 2.08. The normalized spacial score (nSPS) is 10.2. The summed E-state index contributed by atoms with van der Waals surface area (Å²) in [5, 5.41) is 14.9. The van der Waals surface area contributed by atoms with Gasteiger partial charge in [-0.3, -0.25) is 0 Å². The molecular formula is C18H22N2O3. The highest BCUT2D eigenvalue weighted by Crippen LogP contribution is 2.23. The third-order valence-electron chi connectivity index (χ3n) is 3.33. The van der Waals surface area contributed by atoms with Crippen LogP contribution in [-0.2, 0) is 13.2 Å². The van der Waals surface area contributed by atoms with Gasteiger partial charge in [0.25, 0.3) is 0 Å². The number of aliphatic hydroxyl groups is 1. The van der Waals surface area contributed by atoms with Gasteiger partial charge < -0.3 is 20.5 Å². The summed E-state index contributed by atoms with van der Waals surface area (Å²) in [6.45, 7) is 2.93. The zero-order valence-corrected chi connectivity index (χ0v) is 13.2. The van der Waals surface area contributed by atoms with Gasteiger partial charge >= 0.3 is 6.03 Å². The zero-order valence-electron chi connectivity index (χ0n) is 13.2. The summed E-state index contributed by atoms with van der Waals surface area (Å²) in [6, 6.07) is 14.5. The maximum atomic E-state index is 12.1. The molecule has 0 heterocycles. The van der Waals surface area contributed by atoms with Crippen molar-refractivity contribution >= 4 is 11.7 Å². The van der Waals surface area contributed by atoms with Gasteiger partial charge in [0.15, 0.2) is 0 Å². The number of ether oxygens (including phenoxy) is 1. The first-order valence-corrected chi connectivity index (χ1v) is 7.69. The van der Waals surface area contributed by atoms with Crippen LogP contribution >= 0.6 is 0 Å². The van der Waals surface area contributed by atoms with Crippen molar-refractivity contribution in [2.24, 2.45) is 0 Å². The first kappa shape index (κ1) is 16.8. The molecule has 2 rings (SSSR count). The molecule has 0 aliphatic carbocycles. The van der Waals surface area contributed by atoms with Gasteiger partial charge in [-0.05, 0) is 29.7 Å². The summed E-state index contributed by atoms with van der Waals surface area (Å²) in [6.07, 6.45) is 0.901. The van der Waals surface area contributed by atoms with Crippen molar-refractivity contribution < 1.29 is 14.6 Å². The maximum absolute atomic E-state index is 12.1. The SMILES string of the molecule is CCCOc1ccccc1NC(=O)NCc1ccccc1CO. The Bertz CT molecular complexity index is 644. The van der Waals surface area contributed by atoms with Crippen molar-refractivity contribution in [3.8, 4) is 5.75 Å². The molecule has 0 unspecified atom stereocenters. The molecular weight excluding hydrogens is 292 g/mol. The molecule has 5 nitrogen and oxygen atoms in total. The Balaban J connectivity index is 1.95. The number of hydrogen-bond donors (Lipinski definition) is 3. The van der Waals surface area contributed by atoms with Gasteiger partial charge in [-0.25, -0.2) is 4.79 Å². The topological polar surface area (TPSA) is 70.6 Å². The van der Waals surface area contributed by atoms with E-state index in [-0.39, 0.29) is 12.6 Å². The van der Waals surface area contributed by atoms with E-state index < -0.39 is 0 Å². The molecule has 2 aromatic rings. The number of hydrogen-bond acceptors (Lipinski definition) is 3. The fourth-order valence-corrected chi connectivity index (χ4v) is 2.13. The van der Waals surface area contributed by atoms with Crippen molar-refractivity contribution in [2.45, 2.75) is 26.5 Å². The van der Waals surface area contributed by atoms with Crippen molar-refractivity contribution in [2.75, 3.05) is 11.9 Å². The lowest BCUT2D eigenvalue weighted by atomic mass is 10.1. The van der Waals surface area contributed by atoms with Gasteiger partial charge in [0.1, 0.15) is 5.75 Å². The summed E-state index contributed by atoms with van der Waals surface area (Å²) >= 11 is 0. The third kappa shape index (κ3) is 5.00. The van der Waals surface area contributed by atoms with Gasteiger partial charge in [-0.1, -0.05) is 43.3 Å². The molecule has 0 bridgehead atoms. The zero-order chi connectivity index (χ0) is 16.5. The van der Waals surface area contributed by atoms with E-state index in [1.165, 1.54) is 0 Å². The van der Waals surface area contributed by atoms with Gasteiger partial charge in [0, 0.05) is 6.54 Å². The second-order valence-corrected chi connectivity index (χ2v) is 5.08. The van der Waals surface area contributed by atoms with Crippen LogP contribution in [-0.4, -0.2) is 17.7 Å². The molecule has 0 saturated carbocycles. The molecule has 122 valence electrons. The molecule has 0 aliphatic heterocycles. The van der Waals surface area contributed by atoms with E-state index in [1.54, 1.807) is 6.07 Å². The number of benzene rings is 2. The molecule has 0 fully saturated rings. The fraction of sp³-hybridized carbons (Fsp3) is 0.278. The van der Waals surface area contributed by atoms with E-state index in [2.05, 4.69) is 10.6 Å². The number of aliphatic hydroxyl groups excluding tert-OH is 1. The van der Waals surface area contributed by atoms with Crippen LogP contribution in [0.5, 0.6) is 5.75 Å². The van der Waals surface area contributed by atoms with E-state index >= 15 is 0 Å². The van der Waals surface area contributed by atoms with Gasteiger partial charge in [-0.2, -0.15) is 0 Å². The molecule has 2 aromatic carbocycles. The predicted molar refractivity (Wildman–Crippen MR) is 90.5 cm³/mol. The largest absolute Gasteiger partial charge is 0.491 e. The minimum atomic E-state index is -0.315. The molecule has 0 saturated heterocycles. The van der Waals surface area contributed by atoms with E-state index in [0.29, 0.717) is 24.6 Å². The van der Waals surface area contributed by atoms with Crippen LogP contribution in [0.4, 0.5) is 10.5 Å². The van der Waals surface area contributed by atoms with Crippen molar-refractivity contribution in [3.63, 3.8) is 0 Å². The molecule has 0 atom stereocenters. The van der Waals surface area contributed by atoms with Crippen molar-refractivity contribution in [1.29, 1.82) is 0 Å². The summed E-state index contributed by atoms with van der Waals surface area (Å²) in [4.78, 5) is 12.1. The van der Waals surface area contributed by atoms with Crippen molar-refractivity contribution in [3.05, 3.63) is 59.7 Å². The predicted octanol–water partition coefficient (Wildman–Crippen LogP) is 3.29. The van der Waals surface area contributed by atoms with Crippen LogP contribution in [0.3, 0.4) is 0 Å². The van der Waals surface area contributed by atoms with Gasteiger partial charge in [0.2, 0.25) is 0 Å². The minimum absolute atomic E-state index is 0.0484. The Hall–Kier alpha value is -2.53. The lowest BCUT2D eigenvalue weighted by Gasteiger charge is -2.13. The van der Waals surface area contributed by atoms with Crippen LogP contribution < -0.4 is 15.4 Å². The molecule has 0 aliphatic rings. The van der Waals surface area contributed by atoms with E-state index in [1.807, 2.05) is 49.4 Å². The van der Waals surface area contributed by atoms with Crippen LogP contribution in [0.25, 0.3) is 0 Å². The molecule has 2 amide bonds. The molecule has 0 spiro atoms. The summed E-state index contributed by atoms with van der Waals surface area (Å²) in [5.41, 5.74) is 2.33. The van der Waals surface area contributed by atoms with Crippen LogP contribution in [0.1, 0.15) is 24.5 Å². The number of anilines is 1. The smallest absolute Gasteiger partial charge is 0.319 e. The van der Waals surface area contributed by atoms with E-state index in [9.17, 15) is 9.90 Å². The molecule has 5 heteroatoms. The highest BCUT2D eigenvalue weighted by atomic mass is 16.5. The number of amides is 2. The molecule has 0 radical (unpaired) electrons. The second-order valence-electron chi connectivity index (χ2n) is 5.08. The average Bonchev–Trinajstić information content (AvgIpc) is 2.59. The van der Waals surface area contributed by atoms with Gasteiger partial charge in [0.05, 0.1) is 18.9 Å². The van der Waals surface area contributed by atoms with E-state index in [4.69, 9.17) is 4.74 Å². The average molecular weight is 314 g/mol.